The van der Waals surface area contributed by atoms with E-state index >= 15 is 0 Å². The van der Waals surface area contributed by atoms with Crippen molar-refractivity contribution in [2.45, 2.75) is 0 Å². The number of benzene rings is 3. The lowest BCUT2D eigenvalue weighted by molar-refractivity contribution is -0.00000830. The second kappa shape index (κ2) is 8.14. The zero-order chi connectivity index (χ0) is 19.7. The lowest BCUT2D eigenvalue weighted by Crippen LogP contribution is -3.00. The highest BCUT2D eigenvalue weighted by Crippen LogP contribution is 2.37. The van der Waals surface area contributed by atoms with Gasteiger partial charge in [-0.05, 0) is 24.3 Å². The maximum atomic E-state index is 11.5. The first-order chi connectivity index (χ1) is 13.4. The molecule has 0 bridgehead atoms. The lowest BCUT2D eigenvalue weighted by Gasteiger charge is -2.16. The molecule has 0 fully saturated rings. The molecule has 4 aromatic rings. The highest BCUT2D eigenvalue weighted by atomic mass is 35.5. The van der Waals surface area contributed by atoms with Crippen LogP contribution in [0, 0.1) is 0 Å². The van der Waals surface area contributed by atoms with Gasteiger partial charge in [0.2, 0.25) is 10.0 Å². The zero-order valence-corrected chi connectivity index (χ0v) is 17.4. The number of fused-ring (bicyclic) bond motifs is 2. The molecule has 150 valence electrons. The number of rotatable bonds is 5. The lowest BCUT2D eigenvalue weighted by atomic mass is 10.1. The molecule has 0 aliphatic carbocycles. The molecule has 0 aliphatic heterocycles. The highest BCUT2D eigenvalue weighted by Gasteiger charge is 2.12. The Hall–Kier alpha value is -3.03. The van der Waals surface area contributed by atoms with E-state index in [4.69, 9.17) is 9.72 Å². The van der Waals surface area contributed by atoms with E-state index in [1.165, 1.54) is 0 Å². The van der Waals surface area contributed by atoms with E-state index in [0.717, 1.165) is 39.4 Å². The number of ether oxygens (including phenoxy) is 1. The van der Waals surface area contributed by atoms with E-state index in [1.807, 2.05) is 48.5 Å². The summed E-state index contributed by atoms with van der Waals surface area (Å²) in [5.41, 5.74) is 3.86. The molecule has 0 spiro atoms. The Morgan fingerprint density at radius 1 is 0.897 bits per heavy atom. The number of anilines is 3. The van der Waals surface area contributed by atoms with Gasteiger partial charge < -0.3 is 22.5 Å². The number of aromatic nitrogens is 1. The molecular weight excluding hydrogens is 410 g/mol. The van der Waals surface area contributed by atoms with Crippen LogP contribution in [0.2, 0.25) is 0 Å². The summed E-state index contributed by atoms with van der Waals surface area (Å²) in [5, 5.41) is 5.43. The van der Waals surface area contributed by atoms with Gasteiger partial charge in [-0.25, -0.2) is 13.4 Å². The molecule has 8 heteroatoms. The highest BCUT2D eigenvalue weighted by molar-refractivity contribution is 7.92. The molecule has 1 aromatic heterocycles. The molecule has 0 saturated carbocycles. The molecule has 3 aromatic carbocycles. The van der Waals surface area contributed by atoms with E-state index in [1.54, 1.807) is 25.3 Å². The van der Waals surface area contributed by atoms with Gasteiger partial charge in [-0.1, -0.05) is 36.4 Å². The standard InChI is InChI=1S/C21H19N3O3S.ClH/c1-27-20-13-14(24-28(2,25)26)11-12-19(20)23-21-15-7-3-5-9-17(15)22-18-10-6-4-8-16(18)21;/h3-13,24H,1-2H3,(H,22,23);1H/p-1. The zero-order valence-electron chi connectivity index (χ0n) is 15.8. The summed E-state index contributed by atoms with van der Waals surface area (Å²) >= 11 is 0. The minimum absolute atomic E-state index is 0. The van der Waals surface area contributed by atoms with Crippen molar-refractivity contribution in [3.8, 4) is 5.75 Å². The third-order valence-corrected chi connectivity index (χ3v) is 4.96. The molecule has 0 unspecified atom stereocenters. The number of hydrogen-bond acceptors (Lipinski definition) is 5. The topological polar surface area (TPSA) is 80.3 Å². The third kappa shape index (κ3) is 4.36. The van der Waals surface area contributed by atoms with E-state index in [9.17, 15) is 8.42 Å². The van der Waals surface area contributed by atoms with Crippen LogP contribution in [0.15, 0.2) is 66.7 Å². The maximum Gasteiger partial charge on any atom is 0.229 e. The number of hydrogen-bond donors (Lipinski definition) is 2. The van der Waals surface area contributed by atoms with Gasteiger partial charge in [0, 0.05) is 16.8 Å². The fraction of sp³-hybridized carbons (Fsp3) is 0.0952. The van der Waals surface area contributed by atoms with E-state index in [2.05, 4.69) is 10.0 Å². The molecule has 0 saturated heterocycles. The predicted molar refractivity (Wildman–Crippen MR) is 114 cm³/mol. The van der Waals surface area contributed by atoms with Gasteiger partial charge in [-0.2, -0.15) is 0 Å². The van der Waals surface area contributed by atoms with E-state index < -0.39 is 10.0 Å². The average Bonchev–Trinajstić information content (AvgIpc) is 2.67. The average molecular weight is 429 g/mol. The molecule has 4 rings (SSSR count). The molecule has 6 nitrogen and oxygen atoms in total. The Morgan fingerprint density at radius 3 is 2.03 bits per heavy atom. The van der Waals surface area contributed by atoms with Gasteiger partial charge in [0.1, 0.15) is 5.75 Å². The van der Waals surface area contributed by atoms with Crippen LogP contribution in [-0.4, -0.2) is 26.8 Å². The molecule has 1 heterocycles. The minimum atomic E-state index is -3.37. The molecule has 2 N–H and O–H groups in total. The van der Waals surface area contributed by atoms with Crippen molar-refractivity contribution in [2.75, 3.05) is 23.4 Å². The summed E-state index contributed by atoms with van der Waals surface area (Å²) in [6.45, 7) is 0. The Morgan fingerprint density at radius 2 is 1.48 bits per heavy atom. The number of para-hydroxylation sites is 2. The van der Waals surface area contributed by atoms with Gasteiger partial charge in [0.05, 0.1) is 41.5 Å². The van der Waals surface area contributed by atoms with Crippen LogP contribution in [0.25, 0.3) is 21.8 Å². The maximum absolute atomic E-state index is 11.5. The number of nitrogens with one attached hydrogen (secondary N) is 2. The van der Waals surface area contributed by atoms with Gasteiger partial charge in [-0.15, -0.1) is 0 Å². The Labute approximate surface area is 175 Å². The fourth-order valence-electron chi connectivity index (χ4n) is 3.18. The third-order valence-electron chi connectivity index (χ3n) is 4.35. The van der Waals surface area contributed by atoms with Crippen LogP contribution in [-0.2, 0) is 10.0 Å². The van der Waals surface area contributed by atoms with E-state index in [0.29, 0.717) is 11.4 Å². The Balaban J connectivity index is 0.00000240. The second-order valence-corrected chi connectivity index (χ2v) is 8.18. The first-order valence-corrected chi connectivity index (χ1v) is 10.5. The molecule has 0 atom stereocenters. The molecule has 0 radical (unpaired) electrons. The van der Waals surface area contributed by atoms with Crippen LogP contribution in [0.4, 0.5) is 17.1 Å². The van der Waals surface area contributed by atoms with Crippen molar-refractivity contribution in [1.29, 1.82) is 0 Å². The van der Waals surface area contributed by atoms with Crippen molar-refractivity contribution in [3.63, 3.8) is 0 Å². The van der Waals surface area contributed by atoms with Gasteiger partial charge in [-0.3, -0.25) is 4.72 Å². The smallest absolute Gasteiger partial charge is 0.229 e. The number of halogens is 1. The summed E-state index contributed by atoms with van der Waals surface area (Å²) in [6.07, 6.45) is 1.11. The van der Waals surface area contributed by atoms with Gasteiger partial charge in [0.25, 0.3) is 0 Å². The number of nitrogens with zero attached hydrogens (tertiary/aromatic N) is 1. The van der Waals surface area contributed by atoms with Crippen LogP contribution >= 0.6 is 0 Å². The second-order valence-electron chi connectivity index (χ2n) is 6.44. The Bertz CT molecular complexity index is 1240. The summed E-state index contributed by atoms with van der Waals surface area (Å²) in [7, 11) is -1.82. The summed E-state index contributed by atoms with van der Waals surface area (Å²) < 4.78 is 30.9. The molecule has 0 amide bonds. The largest absolute Gasteiger partial charge is 1.00 e. The van der Waals surface area contributed by atoms with Crippen molar-refractivity contribution in [1.82, 2.24) is 4.98 Å². The summed E-state index contributed by atoms with van der Waals surface area (Å²) in [6, 6.07) is 21.0. The van der Waals surface area contributed by atoms with Crippen LogP contribution < -0.4 is 27.2 Å². The quantitative estimate of drug-likeness (QED) is 0.471. The molecule has 29 heavy (non-hydrogen) atoms. The Kier molecular flexibility index (Phi) is 5.81. The number of sulfonamides is 1. The predicted octanol–water partition coefficient (Wildman–Crippen LogP) is 1.52. The monoisotopic (exact) mass is 428 g/mol. The SMILES string of the molecule is COc1cc(NS(C)(=O)=O)ccc1Nc1c2ccccc2nc2ccccc12.[Cl-]. The van der Waals surface area contributed by atoms with Gasteiger partial charge >= 0.3 is 0 Å². The fourth-order valence-corrected chi connectivity index (χ4v) is 3.74. The van der Waals surface area contributed by atoms with E-state index in [-0.39, 0.29) is 12.4 Å². The van der Waals surface area contributed by atoms with Crippen LogP contribution in [0.1, 0.15) is 0 Å². The number of pyridine rings is 1. The van der Waals surface area contributed by atoms with Crippen molar-refractivity contribution in [3.05, 3.63) is 66.7 Å². The first kappa shape index (κ1) is 20.7. The molecular formula is C21H19ClN3O3S-. The summed E-state index contributed by atoms with van der Waals surface area (Å²) in [4.78, 5) is 4.73. The van der Waals surface area contributed by atoms with Crippen LogP contribution in [0.3, 0.4) is 0 Å². The normalized spacial score (nSPS) is 11.1. The number of methoxy groups -OCH3 is 1. The minimum Gasteiger partial charge on any atom is -1.00 e. The van der Waals surface area contributed by atoms with Crippen molar-refractivity contribution < 1.29 is 25.6 Å². The van der Waals surface area contributed by atoms with Gasteiger partial charge in [0.15, 0.2) is 0 Å². The van der Waals surface area contributed by atoms with Crippen molar-refractivity contribution >= 4 is 48.9 Å². The van der Waals surface area contributed by atoms with Crippen molar-refractivity contribution in [2.24, 2.45) is 0 Å². The summed E-state index contributed by atoms with van der Waals surface area (Å²) in [5.74, 6) is 0.527. The molecule has 0 aliphatic rings. The first-order valence-electron chi connectivity index (χ1n) is 8.65. The van der Waals surface area contributed by atoms with Crippen LogP contribution in [0.5, 0.6) is 5.75 Å².